The Labute approximate surface area is 118 Å². The van der Waals surface area contributed by atoms with E-state index >= 15 is 0 Å². The van der Waals surface area contributed by atoms with Gasteiger partial charge in [-0.25, -0.2) is 9.59 Å². The van der Waals surface area contributed by atoms with Crippen LogP contribution >= 0.6 is 0 Å². The highest BCUT2D eigenvalue weighted by atomic mass is 16.4. The van der Waals surface area contributed by atoms with Gasteiger partial charge in [-0.3, -0.25) is 0 Å². The van der Waals surface area contributed by atoms with E-state index in [9.17, 15) is 24.9 Å². The molecule has 0 spiro atoms. The molecule has 104 valence electrons. The molecule has 21 heavy (non-hydrogen) atoms. The van der Waals surface area contributed by atoms with Crippen LogP contribution in [0.2, 0.25) is 0 Å². The zero-order chi connectivity index (χ0) is 15.1. The predicted octanol–water partition coefficient (Wildman–Crippen LogP) is 3.10. The molecule has 3 N–H and O–H groups in total. The molecule has 0 aromatic heterocycles. The van der Waals surface area contributed by atoms with Gasteiger partial charge in [-0.05, 0) is 16.8 Å². The van der Waals surface area contributed by atoms with Gasteiger partial charge in [-0.15, -0.1) is 0 Å². The zero-order valence-corrected chi connectivity index (χ0v) is 10.7. The molecule has 0 radical (unpaired) electrons. The third-order valence-corrected chi connectivity index (χ3v) is 3.45. The largest absolute Gasteiger partial charge is 0.507 e. The lowest BCUT2D eigenvalue weighted by atomic mass is 9.93. The van der Waals surface area contributed by atoms with Crippen molar-refractivity contribution in [1.82, 2.24) is 0 Å². The van der Waals surface area contributed by atoms with E-state index in [1.54, 1.807) is 18.2 Å². The first kappa shape index (κ1) is 12.9. The number of aromatic carboxylic acids is 2. The summed E-state index contributed by atoms with van der Waals surface area (Å²) in [6.45, 7) is 0. The third kappa shape index (κ3) is 1.87. The van der Waals surface area contributed by atoms with Crippen LogP contribution in [-0.4, -0.2) is 27.3 Å². The molecule has 5 nitrogen and oxygen atoms in total. The Morgan fingerprint density at radius 2 is 1.57 bits per heavy atom. The molecule has 0 aliphatic rings. The van der Waals surface area contributed by atoms with E-state index in [1.807, 2.05) is 12.1 Å². The molecule has 0 atom stereocenters. The highest BCUT2D eigenvalue weighted by Gasteiger charge is 2.21. The molecule has 3 aromatic rings. The van der Waals surface area contributed by atoms with E-state index in [0.717, 1.165) is 11.5 Å². The number of aromatic hydroxyl groups is 1. The van der Waals surface area contributed by atoms with Gasteiger partial charge in [0.05, 0.1) is 5.56 Å². The van der Waals surface area contributed by atoms with Gasteiger partial charge >= 0.3 is 11.9 Å². The number of hydrogen-bond acceptors (Lipinski definition) is 3. The molecule has 0 aliphatic heterocycles. The van der Waals surface area contributed by atoms with Crippen molar-refractivity contribution in [1.29, 1.82) is 0 Å². The van der Waals surface area contributed by atoms with Crippen LogP contribution in [0.15, 0.2) is 42.5 Å². The van der Waals surface area contributed by atoms with Crippen molar-refractivity contribution in [2.45, 2.75) is 0 Å². The van der Waals surface area contributed by atoms with Gasteiger partial charge in [-0.2, -0.15) is 0 Å². The van der Waals surface area contributed by atoms with Gasteiger partial charge in [0.25, 0.3) is 0 Å². The SMILES string of the molecule is O=C(O)c1c(O)cc(C(=O)O)c2c1ccc1ccccc12. The van der Waals surface area contributed by atoms with Crippen LogP contribution in [0.25, 0.3) is 21.5 Å². The van der Waals surface area contributed by atoms with E-state index in [4.69, 9.17) is 0 Å². The molecule has 3 aromatic carbocycles. The van der Waals surface area contributed by atoms with E-state index < -0.39 is 17.7 Å². The monoisotopic (exact) mass is 282 g/mol. The van der Waals surface area contributed by atoms with Crippen LogP contribution in [0.4, 0.5) is 0 Å². The normalized spacial score (nSPS) is 10.9. The maximum absolute atomic E-state index is 11.4. The maximum atomic E-state index is 11.4. The Kier molecular flexibility index (Phi) is 2.76. The molecule has 0 heterocycles. The molecule has 0 aliphatic carbocycles. The molecular weight excluding hydrogens is 272 g/mol. The highest BCUT2D eigenvalue weighted by molar-refractivity contribution is 6.21. The minimum absolute atomic E-state index is 0.121. The number of fused-ring (bicyclic) bond motifs is 3. The van der Waals surface area contributed by atoms with Crippen LogP contribution in [-0.2, 0) is 0 Å². The lowest BCUT2D eigenvalue weighted by molar-refractivity contribution is 0.0681. The third-order valence-electron chi connectivity index (χ3n) is 3.45. The van der Waals surface area contributed by atoms with Crippen LogP contribution in [0, 0.1) is 0 Å². The van der Waals surface area contributed by atoms with Crippen molar-refractivity contribution in [2.75, 3.05) is 0 Å². The smallest absolute Gasteiger partial charge is 0.340 e. The quantitative estimate of drug-likeness (QED) is 0.628. The first-order chi connectivity index (χ1) is 10.0. The number of carboxylic acid groups (broad SMARTS) is 2. The van der Waals surface area contributed by atoms with Gasteiger partial charge in [0.2, 0.25) is 0 Å². The second kappa shape index (κ2) is 4.49. The summed E-state index contributed by atoms with van der Waals surface area (Å²) in [5.41, 5.74) is -0.412. The van der Waals surface area contributed by atoms with Crippen LogP contribution in [0.3, 0.4) is 0 Å². The molecule has 5 heteroatoms. The lowest BCUT2D eigenvalue weighted by Crippen LogP contribution is -2.04. The van der Waals surface area contributed by atoms with Gasteiger partial charge < -0.3 is 15.3 Å². The average Bonchev–Trinajstić information content (AvgIpc) is 2.45. The first-order valence-electron chi connectivity index (χ1n) is 6.14. The topological polar surface area (TPSA) is 94.8 Å². The van der Waals surface area contributed by atoms with E-state index in [1.165, 1.54) is 6.07 Å². The fourth-order valence-corrected chi connectivity index (χ4v) is 2.58. The van der Waals surface area contributed by atoms with Gasteiger partial charge in [0, 0.05) is 10.8 Å². The van der Waals surface area contributed by atoms with Crippen molar-refractivity contribution in [3.8, 4) is 5.75 Å². The molecule has 0 fully saturated rings. The Hall–Kier alpha value is -3.08. The summed E-state index contributed by atoms with van der Waals surface area (Å²) in [7, 11) is 0. The van der Waals surface area contributed by atoms with Crippen LogP contribution < -0.4 is 0 Å². The van der Waals surface area contributed by atoms with Crippen molar-refractivity contribution in [3.63, 3.8) is 0 Å². The maximum Gasteiger partial charge on any atom is 0.340 e. The summed E-state index contributed by atoms with van der Waals surface area (Å²) in [5, 5.41) is 30.4. The van der Waals surface area contributed by atoms with Gasteiger partial charge in [0.15, 0.2) is 0 Å². The number of carboxylic acids is 2. The number of phenols is 1. The fourth-order valence-electron chi connectivity index (χ4n) is 2.58. The van der Waals surface area contributed by atoms with Crippen molar-refractivity contribution < 1.29 is 24.9 Å². The summed E-state index contributed by atoms with van der Waals surface area (Å²) in [6.07, 6.45) is 0. The Morgan fingerprint density at radius 3 is 2.24 bits per heavy atom. The second-order valence-corrected chi connectivity index (χ2v) is 4.64. The predicted molar refractivity (Wildman–Crippen MR) is 77.0 cm³/mol. The molecule has 0 amide bonds. The van der Waals surface area contributed by atoms with Crippen LogP contribution in [0.1, 0.15) is 20.7 Å². The lowest BCUT2D eigenvalue weighted by Gasteiger charge is -2.11. The molecular formula is C16H10O5. The second-order valence-electron chi connectivity index (χ2n) is 4.64. The molecule has 3 rings (SSSR count). The number of benzene rings is 3. The van der Waals surface area contributed by atoms with Crippen molar-refractivity contribution in [3.05, 3.63) is 53.6 Å². The van der Waals surface area contributed by atoms with E-state index in [0.29, 0.717) is 10.8 Å². The highest BCUT2D eigenvalue weighted by Crippen LogP contribution is 2.35. The molecule has 0 bridgehead atoms. The van der Waals surface area contributed by atoms with Crippen LogP contribution in [0.5, 0.6) is 5.75 Å². The standard InChI is InChI=1S/C16H10O5/c17-12-7-11(15(18)19)13-9-4-2-1-3-8(9)5-6-10(13)14(12)16(20)21/h1-7,17H,(H,18,19)(H,20,21). The summed E-state index contributed by atoms with van der Waals surface area (Å²) in [6, 6.07) is 11.3. The number of rotatable bonds is 2. The van der Waals surface area contributed by atoms with Crippen molar-refractivity contribution in [2.24, 2.45) is 0 Å². The van der Waals surface area contributed by atoms with E-state index in [-0.39, 0.29) is 16.5 Å². The van der Waals surface area contributed by atoms with Gasteiger partial charge in [0.1, 0.15) is 11.3 Å². The number of carbonyl (C=O) groups is 2. The fraction of sp³-hybridized carbons (Fsp3) is 0. The average molecular weight is 282 g/mol. The molecule has 0 saturated carbocycles. The minimum atomic E-state index is -1.30. The molecule has 0 unspecified atom stereocenters. The molecule has 0 saturated heterocycles. The first-order valence-corrected chi connectivity index (χ1v) is 6.14. The Bertz CT molecular complexity index is 911. The summed E-state index contributed by atoms with van der Waals surface area (Å²) >= 11 is 0. The zero-order valence-electron chi connectivity index (χ0n) is 10.7. The van der Waals surface area contributed by atoms with Gasteiger partial charge in [-0.1, -0.05) is 36.4 Å². The summed E-state index contributed by atoms with van der Waals surface area (Å²) in [4.78, 5) is 22.8. The summed E-state index contributed by atoms with van der Waals surface area (Å²) in [5.74, 6) is -3.07. The Balaban J connectivity index is 2.64. The summed E-state index contributed by atoms with van der Waals surface area (Å²) < 4.78 is 0. The van der Waals surface area contributed by atoms with E-state index in [2.05, 4.69) is 0 Å². The Morgan fingerprint density at radius 1 is 0.857 bits per heavy atom. The minimum Gasteiger partial charge on any atom is -0.507 e. The van der Waals surface area contributed by atoms with Crippen molar-refractivity contribution >= 4 is 33.5 Å². The number of hydrogen-bond donors (Lipinski definition) is 3.